The van der Waals surface area contributed by atoms with E-state index < -0.39 is 0 Å². The minimum absolute atomic E-state index is 0.0924. The van der Waals surface area contributed by atoms with Crippen molar-refractivity contribution in [2.75, 3.05) is 37.7 Å². The first-order valence-electron chi connectivity index (χ1n) is 8.56. The minimum Gasteiger partial charge on any atom is -0.478 e. The SMILES string of the molecule is CCOc1ccnc(N2CCN(C(=O)Cn3nc(C)cc3C)CC2)n1. The van der Waals surface area contributed by atoms with Crippen LogP contribution in [0.5, 0.6) is 5.88 Å². The van der Waals surface area contributed by atoms with Crippen molar-refractivity contribution in [2.24, 2.45) is 0 Å². The average Bonchev–Trinajstić information content (AvgIpc) is 2.93. The molecule has 3 heterocycles. The molecule has 1 saturated heterocycles. The van der Waals surface area contributed by atoms with Gasteiger partial charge in [-0.2, -0.15) is 10.1 Å². The number of amides is 1. The molecule has 0 saturated carbocycles. The van der Waals surface area contributed by atoms with E-state index in [1.165, 1.54) is 0 Å². The van der Waals surface area contributed by atoms with Crippen molar-refractivity contribution in [3.8, 4) is 5.88 Å². The van der Waals surface area contributed by atoms with E-state index in [4.69, 9.17) is 4.74 Å². The largest absolute Gasteiger partial charge is 0.478 e. The van der Waals surface area contributed by atoms with E-state index >= 15 is 0 Å². The second-order valence-electron chi connectivity index (χ2n) is 6.08. The number of aromatic nitrogens is 4. The molecule has 25 heavy (non-hydrogen) atoms. The molecule has 2 aromatic rings. The van der Waals surface area contributed by atoms with Crippen molar-refractivity contribution in [3.63, 3.8) is 0 Å². The summed E-state index contributed by atoms with van der Waals surface area (Å²) in [4.78, 5) is 25.2. The molecule has 0 atom stereocenters. The molecule has 1 aliphatic rings. The van der Waals surface area contributed by atoms with E-state index in [0.717, 1.165) is 11.4 Å². The molecule has 0 N–H and O–H groups in total. The van der Waals surface area contributed by atoms with E-state index in [1.807, 2.05) is 31.7 Å². The molecular formula is C17H24N6O2. The molecule has 1 amide bonds. The van der Waals surface area contributed by atoms with Crippen molar-refractivity contribution in [1.29, 1.82) is 0 Å². The predicted octanol–water partition coefficient (Wildman–Crippen LogP) is 1.04. The minimum atomic E-state index is 0.0924. The summed E-state index contributed by atoms with van der Waals surface area (Å²) in [7, 11) is 0. The quantitative estimate of drug-likeness (QED) is 0.807. The molecule has 0 bridgehead atoms. The topological polar surface area (TPSA) is 76.4 Å². The summed E-state index contributed by atoms with van der Waals surface area (Å²) in [6.45, 7) is 9.41. The van der Waals surface area contributed by atoms with Crippen LogP contribution in [0, 0.1) is 13.8 Å². The number of carbonyl (C=O) groups is 1. The summed E-state index contributed by atoms with van der Waals surface area (Å²) in [5, 5.41) is 4.36. The van der Waals surface area contributed by atoms with Crippen LogP contribution in [-0.2, 0) is 11.3 Å². The molecule has 1 aliphatic heterocycles. The highest BCUT2D eigenvalue weighted by Crippen LogP contribution is 2.15. The highest BCUT2D eigenvalue weighted by Gasteiger charge is 2.23. The van der Waals surface area contributed by atoms with E-state index in [1.54, 1.807) is 16.9 Å². The first kappa shape index (κ1) is 17.2. The monoisotopic (exact) mass is 344 g/mol. The molecule has 0 aromatic carbocycles. The number of hydrogen-bond acceptors (Lipinski definition) is 6. The van der Waals surface area contributed by atoms with Crippen molar-refractivity contribution < 1.29 is 9.53 Å². The van der Waals surface area contributed by atoms with Crippen molar-refractivity contribution >= 4 is 11.9 Å². The Morgan fingerprint density at radius 1 is 1.24 bits per heavy atom. The van der Waals surface area contributed by atoms with Crippen LogP contribution in [0.1, 0.15) is 18.3 Å². The van der Waals surface area contributed by atoms with Gasteiger partial charge in [0.05, 0.1) is 12.3 Å². The molecule has 1 fully saturated rings. The van der Waals surface area contributed by atoms with Crippen LogP contribution in [0.3, 0.4) is 0 Å². The Bertz CT molecular complexity index is 736. The van der Waals surface area contributed by atoms with E-state index in [2.05, 4.69) is 20.0 Å². The maximum absolute atomic E-state index is 12.5. The second-order valence-corrected chi connectivity index (χ2v) is 6.08. The van der Waals surface area contributed by atoms with Gasteiger partial charge in [-0.1, -0.05) is 0 Å². The number of piperazine rings is 1. The molecule has 0 spiro atoms. The van der Waals surface area contributed by atoms with Gasteiger partial charge in [0.15, 0.2) is 0 Å². The first-order chi connectivity index (χ1) is 12.1. The van der Waals surface area contributed by atoms with Gasteiger partial charge in [0, 0.05) is 44.1 Å². The maximum Gasteiger partial charge on any atom is 0.244 e. The number of hydrogen-bond donors (Lipinski definition) is 0. The van der Waals surface area contributed by atoms with Crippen LogP contribution >= 0.6 is 0 Å². The van der Waals surface area contributed by atoms with Crippen molar-refractivity contribution in [1.82, 2.24) is 24.6 Å². The van der Waals surface area contributed by atoms with Gasteiger partial charge >= 0.3 is 0 Å². The Kier molecular flexibility index (Phi) is 5.16. The summed E-state index contributed by atoms with van der Waals surface area (Å²) < 4.78 is 7.19. The Morgan fingerprint density at radius 2 is 2.00 bits per heavy atom. The highest BCUT2D eigenvalue weighted by molar-refractivity contribution is 5.76. The van der Waals surface area contributed by atoms with Gasteiger partial charge < -0.3 is 14.5 Å². The van der Waals surface area contributed by atoms with Crippen LogP contribution in [0.4, 0.5) is 5.95 Å². The second kappa shape index (κ2) is 7.50. The van der Waals surface area contributed by atoms with Gasteiger partial charge in [-0.25, -0.2) is 4.98 Å². The Labute approximate surface area is 147 Å². The summed E-state index contributed by atoms with van der Waals surface area (Å²) in [5.41, 5.74) is 1.94. The molecule has 0 radical (unpaired) electrons. The highest BCUT2D eigenvalue weighted by atomic mass is 16.5. The van der Waals surface area contributed by atoms with Gasteiger partial charge in [0.25, 0.3) is 0 Å². The zero-order valence-electron chi connectivity index (χ0n) is 15.0. The molecular weight excluding hydrogens is 320 g/mol. The Morgan fingerprint density at radius 3 is 2.64 bits per heavy atom. The van der Waals surface area contributed by atoms with Crippen LogP contribution < -0.4 is 9.64 Å². The van der Waals surface area contributed by atoms with Gasteiger partial charge in [0.1, 0.15) is 6.54 Å². The zero-order chi connectivity index (χ0) is 17.8. The standard InChI is InChI=1S/C17H24N6O2/c1-4-25-15-5-6-18-17(19-15)22-9-7-21(8-10-22)16(24)12-23-14(3)11-13(2)20-23/h5-6,11H,4,7-10,12H2,1-3H3. The lowest BCUT2D eigenvalue weighted by atomic mass is 10.3. The first-order valence-corrected chi connectivity index (χ1v) is 8.56. The lowest BCUT2D eigenvalue weighted by Gasteiger charge is -2.34. The van der Waals surface area contributed by atoms with Gasteiger partial charge in [-0.3, -0.25) is 9.48 Å². The average molecular weight is 344 g/mol. The smallest absolute Gasteiger partial charge is 0.244 e. The third-order valence-corrected chi connectivity index (χ3v) is 4.21. The van der Waals surface area contributed by atoms with Crippen LogP contribution in [0.15, 0.2) is 18.3 Å². The fraction of sp³-hybridized carbons (Fsp3) is 0.529. The van der Waals surface area contributed by atoms with Crippen LogP contribution in [0.25, 0.3) is 0 Å². The third-order valence-electron chi connectivity index (χ3n) is 4.21. The number of ether oxygens (including phenoxy) is 1. The van der Waals surface area contributed by atoms with E-state index in [9.17, 15) is 4.79 Å². The molecule has 8 heteroatoms. The summed E-state index contributed by atoms with van der Waals surface area (Å²) in [5.74, 6) is 1.32. The van der Waals surface area contributed by atoms with Crippen molar-refractivity contribution in [3.05, 3.63) is 29.7 Å². The molecule has 3 rings (SSSR count). The lowest BCUT2D eigenvalue weighted by Crippen LogP contribution is -2.50. The number of carbonyl (C=O) groups excluding carboxylic acids is 1. The number of rotatable bonds is 5. The van der Waals surface area contributed by atoms with Gasteiger partial charge in [-0.15, -0.1) is 0 Å². The lowest BCUT2D eigenvalue weighted by molar-refractivity contribution is -0.132. The molecule has 0 aliphatic carbocycles. The Balaban J connectivity index is 1.57. The molecule has 0 unspecified atom stereocenters. The van der Waals surface area contributed by atoms with Gasteiger partial charge in [0.2, 0.25) is 17.7 Å². The molecule has 134 valence electrons. The maximum atomic E-state index is 12.5. The molecule has 8 nitrogen and oxygen atoms in total. The normalized spacial score (nSPS) is 14.7. The predicted molar refractivity (Wildman–Crippen MR) is 93.7 cm³/mol. The van der Waals surface area contributed by atoms with Gasteiger partial charge in [-0.05, 0) is 26.8 Å². The fourth-order valence-corrected chi connectivity index (χ4v) is 2.93. The summed E-state index contributed by atoms with van der Waals surface area (Å²) in [6, 6.07) is 3.73. The zero-order valence-corrected chi connectivity index (χ0v) is 15.0. The fourth-order valence-electron chi connectivity index (χ4n) is 2.93. The van der Waals surface area contributed by atoms with Crippen LogP contribution in [0.2, 0.25) is 0 Å². The third kappa shape index (κ3) is 4.07. The van der Waals surface area contributed by atoms with E-state index in [-0.39, 0.29) is 12.5 Å². The molecule has 2 aromatic heterocycles. The summed E-state index contributed by atoms with van der Waals surface area (Å²) >= 11 is 0. The van der Waals surface area contributed by atoms with Crippen LogP contribution in [-0.4, -0.2) is 63.3 Å². The summed E-state index contributed by atoms with van der Waals surface area (Å²) in [6.07, 6.45) is 1.70. The number of nitrogens with zero attached hydrogens (tertiary/aromatic N) is 6. The number of anilines is 1. The Hall–Kier alpha value is -2.64. The number of aryl methyl sites for hydroxylation is 2. The van der Waals surface area contributed by atoms with Crippen molar-refractivity contribution in [2.45, 2.75) is 27.3 Å². The van der Waals surface area contributed by atoms with E-state index in [0.29, 0.717) is 44.6 Å².